The predicted molar refractivity (Wildman–Crippen MR) is 118 cm³/mol. The van der Waals surface area contributed by atoms with Gasteiger partial charge in [-0.25, -0.2) is 0 Å². The highest BCUT2D eigenvalue weighted by atomic mass is 35.5. The largest absolute Gasteiger partial charge is 0.416 e. The Kier molecular flexibility index (Phi) is 7.40. The Bertz CT molecular complexity index is 1010. The van der Waals surface area contributed by atoms with E-state index < -0.39 is 29.5 Å². The first-order valence-corrected chi connectivity index (χ1v) is 10.9. The van der Waals surface area contributed by atoms with Crippen molar-refractivity contribution in [2.75, 3.05) is 19.6 Å². The highest BCUT2D eigenvalue weighted by Crippen LogP contribution is 2.37. The van der Waals surface area contributed by atoms with Crippen molar-refractivity contribution in [2.45, 2.75) is 25.9 Å². The van der Waals surface area contributed by atoms with E-state index in [1.54, 1.807) is 6.07 Å². The molecule has 2 aromatic rings. The first kappa shape index (κ1) is 24.4. The van der Waals surface area contributed by atoms with Crippen molar-refractivity contribution in [3.8, 4) is 0 Å². The topological polar surface area (TPSA) is 49.4 Å². The Morgan fingerprint density at radius 1 is 1.12 bits per heavy atom. The number of rotatable bonds is 5. The highest BCUT2D eigenvalue weighted by Gasteiger charge is 2.41. The van der Waals surface area contributed by atoms with Gasteiger partial charge in [0.15, 0.2) is 0 Å². The maximum absolute atomic E-state index is 13.3. The molecular weight excluding hydrogens is 464 g/mol. The molecule has 4 nitrogen and oxygen atoms in total. The lowest BCUT2D eigenvalue weighted by Crippen LogP contribution is -2.37. The summed E-state index contributed by atoms with van der Waals surface area (Å²) in [6.45, 7) is 4.48. The summed E-state index contributed by atoms with van der Waals surface area (Å²) in [6, 6.07) is 9.41. The molecule has 2 atom stereocenters. The van der Waals surface area contributed by atoms with Crippen LogP contribution < -0.4 is 5.32 Å². The summed E-state index contributed by atoms with van der Waals surface area (Å²) in [6.07, 6.45) is -4.50. The number of amides is 2. The zero-order valence-corrected chi connectivity index (χ0v) is 19.1. The van der Waals surface area contributed by atoms with E-state index in [0.29, 0.717) is 17.1 Å². The molecule has 2 unspecified atom stereocenters. The monoisotopic (exact) mass is 486 g/mol. The molecule has 0 saturated carbocycles. The third-order valence-corrected chi connectivity index (χ3v) is 5.98. The van der Waals surface area contributed by atoms with E-state index in [-0.39, 0.29) is 35.5 Å². The number of hydrogen-bond acceptors (Lipinski definition) is 2. The van der Waals surface area contributed by atoms with Gasteiger partial charge in [-0.05, 0) is 35.7 Å². The smallest absolute Gasteiger partial charge is 0.356 e. The van der Waals surface area contributed by atoms with E-state index in [4.69, 9.17) is 23.2 Å². The number of carbonyl (C=O) groups is 2. The molecule has 1 aliphatic rings. The summed E-state index contributed by atoms with van der Waals surface area (Å²) in [5, 5.41) is 3.39. The second-order valence-electron chi connectivity index (χ2n) is 8.31. The zero-order valence-electron chi connectivity index (χ0n) is 17.5. The summed E-state index contributed by atoms with van der Waals surface area (Å²) in [4.78, 5) is 27.5. The summed E-state index contributed by atoms with van der Waals surface area (Å²) in [5.41, 5.74) is -0.203. The molecule has 172 valence electrons. The quantitative estimate of drug-likeness (QED) is 0.594. The minimum atomic E-state index is -4.50. The third kappa shape index (κ3) is 5.56. The van der Waals surface area contributed by atoms with E-state index in [1.165, 1.54) is 29.2 Å². The molecule has 0 radical (unpaired) electrons. The van der Waals surface area contributed by atoms with Crippen LogP contribution in [0.5, 0.6) is 0 Å². The van der Waals surface area contributed by atoms with Crippen molar-refractivity contribution in [3.63, 3.8) is 0 Å². The standard InChI is InChI=1S/C23H23Cl2F3N2O2/c1-13(2)10-29-21(31)19-12-30(22(32)17-7-6-16(24)9-20(17)25)11-18(19)14-4-3-5-15(8-14)23(26,27)28/h3-9,13,18-19H,10-12H2,1-2H3,(H,29,31). The molecule has 1 N–H and O–H groups in total. The minimum absolute atomic E-state index is 0.0721. The molecule has 0 bridgehead atoms. The van der Waals surface area contributed by atoms with Gasteiger partial charge in [0.05, 0.1) is 22.1 Å². The van der Waals surface area contributed by atoms with Crippen molar-refractivity contribution in [1.29, 1.82) is 0 Å². The van der Waals surface area contributed by atoms with Gasteiger partial charge in [0.25, 0.3) is 5.91 Å². The molecule has 1 saturated heterocycles. The maximum Gasteiger partial charge on any atom is 0.416 e. The van der Waals surface area contributed by atoms with Crippen molar-refractivity contribution in [1.82, 2.24) is 10.2 Å². The van der Waals surface area contributed by atoms with Gasteiger partial charge in [-0.3, -0.25) is 9.59 Å². The number of halogens is 5. The fraction of sp³-hybridized carbons (Fsp3) is 0.391. The molecule has 32 heavy (non-hydrogen) atoms. The molecule has 1 heterocycles. The van der Waals surface area contributed by atoms with Crippen LogP contribution >= 0.6 is 23.2 Å². The fourth-order valence-electron chi connectivity index (χ4n) is 3.79. The van der Waals surface area contributed by atoms with Crippen LogP contribution in [0.25, 0.3) is 0 Å². The Hall–Kier alpha value is -2.25. The first-order chi connectivity index (χ1) is 15.0. The van der Waals surface area contributed by atoms with Gasteiger partial charge in [-0.15, -0.1) is 0 Å². The lowest BCUT2D eigenvalue weighted by atomic mass is 9.87. The first-order valence-electron chi connectivity index (χ1n) is 10.2. The fourth-order valence-corrected chi connectivity index (χ4v) is 4.28. The SMILES string of the molecule is CC(C)CNC(=O)C1CN(C(=O)c2ccc(Cl)cc2Cl)CC1c1cccc(C(F)(F)F)c1. The zero-order chi connectivity index (χ0) is 23.6. The van der Waals surface area contributed by atoms with E-state index in [1.807, 2.05) is 13.8 Å². The summed E-state index contributed by atoms with van der Waals surface area (Å²) in [5.74, 6) is -1.76. The number of nitrogens with one attached hydrogen (secondary N) is 1. The number of benzene rings is 2. The number of carbonyl (C=O) groups excluding carboxylic acids is 2. The highest BCUT2D eigenvalue weighted by molar-refractivity contribution is 6.36. The van der Waals surface area contributed by atoms with Gasteiger partial charge < -0.3 is 10.2 Å². The number of hydrogen-bond donors (Lipinski definition) is 1. The van der Waals surface area contributed by atoms with Crippen LogP contribution in [0.2, 0.25) is 10.0 Å². The van der Waals surface area contributed by atoms with Crippen LogP contribution in [0.4, 0.5) is 13.2 Å². The van der Waals surface area contributed by atoms with E-state index >= 15 is 0 Å². The van der Waals surface area contributed by atoms with Crippen LogP contribution in [-0.2, 0) is 11.0 Å². The molecule has 2 amide bonds. The van der Waals surface area contributed by atoms with Gasteiger partial charge in [-0.1, -0.05) is 55.2 Å². The van der Waals surface area contributed by atoms with Crippen LogP contribution in [0.3, 0.4) is 0 Å². The van der Waals surface area contributed by atoms with Crippen LogP contribution in [0.1, 0.15) is 41.3 Å². The average Bonchev–Trinajstić information content (AvgIpc) is 3.16. The lowest BCUT2D eigenvalue weighted by Gasteiger charge is -2.20. The molecule has 1 fully saturated rings. The van der Waals surface area contributed by atoms with Gasteiger partial charge >= 0.3 is 6.18 Å². The third-order valence-electron chi connectivity index (χ3n) is 5.43. The molecule has 0 spiro atoms. The van der Waals surface area contributed by atoms with Crippen molar-refractivity contribution in [3.05, 3.63) is 69.2 Å². The second kappa shape index (κ2) is 9.71. The van der Waals surface area contributed by atoms with E-state index in [0.717, 1.165) is 12.1 Å². The van der Waals surface area contributed by atoms with E-state index in [2.05, 4.69) is 5.32 Å². The van der Waals surface area contributed by atoms with Crippen LogP contribution in [0.15, 0.2) is 42.5 Å². The van der Waals surface area contributed by atoms with Crippen LogP contribution in [0, 0.1) is 11.8 Å². The van der Waals surface area contributed by atoms with Crippen molar-refractivity contribution < 1.29 is 22.8 Å². The predicted octanol–water partition coefficient (Wildman–Crippen LogP) is 5.64. The normalized spacial score (nSPS) is 18.8. The summed E-state index contributed by atoms with van der Waals surface area (Å²) < 4.78 is 39.8. The van der Waals surface area contributed by atoms with Crippen molar-refractivity contribution >= 4 is 35.0 Å². The molecule has 0 aromatic heterocycles. The maximum atomic E-state index is 13.3. The molecule has 1 aliphatic heterocycles. The molecular formula is C23H23Cl2F3N2O2. The lowest BCUT2D eigenvalue weighted by molar-refractivity contribution is -0.137. The Morgan fingerprint density at radius 2 is 1.84 bits per heavy atom. The summed E-state index contributed by atoms with van der Waals surface area (Å²) in [7, 11) is 0. The van der Waals surface area contributed by atoms with E-state index in [9.17, 15) is 22.8 Å². The Labute approximate surface area is 194 Å². The van der Waals surface area contributed by atoms with Crippen LogP contribution in [-0.4, -0.2) is 36.3 Å². The molecule has 0 aliphatic carbocycles. The van der Waals surface area contributed by atoms with Gasteiger partial charge in [0.1, 0.15) is 0 Å². The molecule has 2 aromatic carbocycles. The minimum Gasteiger partial charge on any atom is -0.356 e. The van der Waals surface area contributed by atoms with Gasteiger partial charge in [-0.2, -0.15) is 13.2 Å². The second-order valence-corrected chi connectivity index (χ2v) is 9.15. The van der Waals surface area contributed by atoms with Crippen molar-refractivity contribution in [2.24, 2.45) is 11.8 Å². The van der Waals surface area contributed by atoms with Gasteiger partial charge in [0.2, 0.25) is 5.91 Å². The number of alkyl halides is 3. The van der Waals surface area contributed by atoms with Gasteiger partial charge in [0, 0.05) is 30.6 Å². The number of nitrogens with zero attached hydrogens (tertiary/aromatic N) is 1. The Morgan fingerprint density at radius 3 is 2.47 bits per heavy atom. The Balaban J connectivity index is 1.92. The average molecular weight is 487 g/mol. The summed E-state index contributed by atoms with van der Waals surface area (Å²) >= 11 is 12.1. The number of likely N-dealkylation sites (tertiary alicyclic amines) is 1. The molecule has 3 rings (SSSR count). The molecule has 9 heteroatoms.